The molecule has 0 atom stereocenters. The van der Waals surface area contributed by atoms with Crippen LogP contribution in [0.3, 0.4) is 0 Å². The standard InChI is InChI=1S/C14H9F4NO2S/c15-12-6-2-1-4-10(12)7-9-22(20,21)13-11(14(16,17)18)5-3-8-19-13/h1-9H/b9-7+. The van der Waals surface area contributed by atoms with E-state index in [1.165, 1.54) is 18.2 Å². The summed E-state index contributed by atoms with van der Waals surface area (Å²) >= 11 is 0. The second-order valence-corrected chi connectivity index (χ2v) is 5.97. The highest BCUT2D eigenvalue weighted by molar-refractivity contribution is 7.94. The molecule has 3 nitrogen and oxygen atoms in total. The first-order valence-electron chi connectivity index (χ1n) is 5.92. The van der Waals surface area contributed by atoms with E-state index in [0.717, 1.165) is 24.4 Å². The molecule has 22 heavy (non-hydrogen) atoms. The first-order chi connectivity index (χ1) is 10.2. The molecule has 2 rings (SSSR count). The Bertz CT molecular complexity index is 814. The molecular formula is C14H9F4NO2S. The maximum Gasteiger partial charge on any atom is 0.419 e. The number of pyridine rings is 1. The maximum atomic E-state index is 13.4. The van der Waals surface area contributed by atoms with Crippen molar-refractivity contribution in [1.29, 1.82) is 0 Å². The molecule has 0 amide bonds. The second-order valence-electron chi connectivity index (χ2n) is 4.22. The summed E-state index contributed by atoms with van der Waals surface area (Å²) in [5.41, 5.74) is -1.43. The van der Waals surface area contributed by atoms with Crippen LogP contribution in [0.1, 0.15) is 11.1 Å². The van der Waals surface area contributed by atoms with Crippen LogP contribution in [0.25, 0.3) is 6.08 Å². The topological polar surface area (TPSA) is 47.0 Å². The van der Waals surface area contributed by atoms with E-state index in [0.29, 0.717) is 11.5 Å². The lowest BCUT2D eigenvalue weighted by molar-refractivity contribution is -0.140. The minimum Gasteiger partial charge on any atom is -0.244 e. The Morgan fingerprint density at radius 3 is 2.36 bits per heavy atom. The summed E-state index contributed by atoms with van der Waals surface area (Å²) < 4.78 is 75.9. The molecule has 0 aliphatic heterocycles. The van der Waals surface area contributed by atoms with Crippen molar-refractivity contribution in [3.05, 3.63) is 64.9 Å². The van der Waals surface area contributed by atoms with Gasteiger partial charge in [0.2, 0.25) is 9.84 Å². The number of halogens is 4. The van der Waals surface area contributed by atoms with Crippen LogP contribution in [-0.4, -0.2) is 13.4 Å². The summed E-state index contributed by atoms with van der Waals surface area (Å²) in [7, 11) is -4.47. The maximum absolute atomic E-state index is 13.4. The molecule has 0 saturated carbocycles. The van der Waals surface area contributed by atoms with E-state index in [9.17, 15) is 26.0 Å². The molecular weight excluding hydrogens is 322 g/mol. The van der Waals surface area contributed by atoms with E-state index in [4.69, 9.17) is 0 Å². The van der Waals surface area contributed by atoms with Crippen molar-refractivity contribution in [1.82, 2.24) is 4.98 Å². The number of alkyl halides is 3. The molecule has 0 bridgehead atoms. The Morgan fingerprint density at radius 2 is 1.73 bits per heavy atom. The normalized spacial score (nSPS) is 12.7. The van der Waals surface area contributed by atoms with Gasteiger partial charge in [0.1, 0.15) is 5.82 Å². The van der Waals surface area contributed by atoms with Crippen molar-refractivity contribution in [3.63, 3.8) is 0 Å². The van der Waals surface area contributed by atoms with Crippen molar-refractivity contribution in [2.45, 2.75) is 11.2 Å². The largest absolute Gasteiger partial charge is 0.419 e. The summed E-state index contributed by atoms with van der Waals surface area (Å²) in [5.74, 6) is -0.689. The first-order valence-corrected chi connectivity index (χ1v) is 7.46. The molecule has 0 saturated heterocycles. The van der Waals surface area contributed by atoms with Gasteiger partial charge in [0, 0.05) is 17.2 Å². The minimum absolute atomic E-state index is 0.0597. The minimum atomic E-state index is -4.86. The van der Waals surface area contributed by atoms with E-state index >= 15 is 0 Å². The molecule has 116 valence electrons. The zero-order valence-corrected chi connectivity index (χ0v) is 11.7. The molecule has 2 aromatic rings. The average Bonchev–Trinajstić information content (AvgIpc) is 2.46. The lowest BCUT2D eigenvalue weighted by Crippen LogP contribution is -2.13. The third-order valence-corrected chi connectivity index (χ3v) is 4.04. The van der Waals surface area contributed by atoms with E-state index < -0.39 is 32.4 Å². The second kappa shape index (κ2) is 5.88. The third-order valence-electron chi connectivity index (χ3n) is 2.68. The van der Waals surface area contributed by atoms with Gasteiger partial charge in [-0.25, -0.2) is 17.8 Å². The Labute approximate surface area is 123 Å². The third kappa shape index (κ3) is 3.51. The summed E-state index contributed by atoms with van der Waals surface area (Å²) in [6, 6.07) is 6.89. The molecule has 0 spiro atoms. The zero-order chi connectivity index (χ0) is 16.4. The number of hydrogen-bond donors (Lipinski definition) is 0. The van der Waals surface area contributed by atoms with Gasteiger partial charge in [-0.15, -0.1) is 0 Å². The highest BCUT2D eigenvalue weighted by atomic mass is 32.2. The van der Waals surface area contributed by atoms with Crippen molar-refractivity contribution in [2.75, 3.05) is 0 Å². The van der Waals surface area contributed by atoms with Crippen LogP contribution in [0.2, 0.25) is 0 Å². The Kier molecular flexibility index (Phi) is 4.32. The van der Waals surface area contributed by atoms with Gasteiger partial charge in [0.25, 0.3) is 0 Å². The van der Waals surface area contributed by atoms with Crippen molar-refractivity contribution >= 4 is 15.9 Å². The molecule has 0 N–H and O–H groups in total. The van der Waals surface area contributed by atoms with E-state index in [1.807, 2.05) is 0 Å². The molecule has 8 heteroatoms. The van der Waals surface area contributed by atoms with Gasteiger partial charge in [0.05, 0.1) is 5.56 Å². The fourth-order valence-corrected chi connectivity index (χ4v) is 2.82. The van der Waals surface area contributed by atoms with Crippen molar-refractivity contribution in [2.24, 2.45) is 0 Å². The van der Waals surface area contributed by atoms with Gasteiger partial charge in [0.15, 0.2) is 5.03 Å². The number of sulfone groups is 1. The Morgan fingerprint density at radius 1 is 1.05 bits per heavy atom. The fraction of sp³-hybridized carbons (Fsp3) is 0.0714. The molecule has 1 aromatic heterocycles. The van der Waals surface area contributed by atoms with Gasteiger partial charge >= 0.3 is 6.18 Å². The highest BCUT2D eigenvalue weighted by Crippen LogP contribution is 2.33. The highest BCUT2D eigenvalue weighted by Gasteiger charge is 2.37. The van der Waals surface area contributed by atoms with Crippen LogP contribution in [0, 0.1) is 5.82 Å². The van der Waals surface area contributed by atoms with Crippen LogP contribution in [0.15, 0.2) is 53.0 Å². The quantitative estimate of drug-likeness (QED) is 0.806. The number of aromatic nitrogens is 1. The molecule has 0 unspecified atom stereocenters. The van der Waals surface area contributed by atoms with Crippen LogP contribution < -0.4 is 0 Å². The molecule has 1 aromatic carbocycles. The molecule has 0 aliphatic carbocycles. The summed E-state index contributed by atoms with van der Waals surface area (Å²) in [6.07, 6.45) is -3.03. The first kappa shape index (κ1) is 16.2. The van der Waals surface area contributed by atoms with Crippen LogP contribution in [-0.2, 0) is 16.0 Å². The zero-order valence-electron chi connectivity index (χ0n) is 10.9. The Balaban J connectivity index is 2.47. The fourth-order valence-electron chi connectivity index (χ4n) is 1.67. The van der Waals surface area contributed by atoms with Crippen molar-refractivity contribution < 1.29 is 26.0 Å². The number of rotatable bonds is 3. The van der Waals surface area contributed by atoms with Gasteiger partial charge < -0.3 is 0 Å². The molecule has 1 heterocycles. The van der Waals surface area contributed by atoms with Crippen LogP contribution in [0.4, 0.5) is 17.6 Å². The van der Waals surface area contributed by atoms with Gasteiger partial charge in [-0.05, 0) is 24.3 Å². The number of hydrogen-bond acceptors (Lipinski definition) is 3. The molecule has 0 fully saturated rings. The predicted molar refractivity (Wildman–Crippen MR) is 71.9 cm³/mol. The van der Waals surface area contributed by atoms with Gasteiger partial charge in [-0.2, -0.15) is 13.2 Å². The van der Waals surface area contributed by atoms with E-state index in [1.54, 1.807) is 0 Å². The molecule has 0 radical (unpaired) electrons. The number of nitrogens with zero attached hydrogens (tertiary/aromatic N) is 1. The van der Waals surface area contributed by atoms with E-state index in [2.05, 4.69) is 4.98 Å². The van der Waals surface area contributed by atoms with E-state index in [-0.39, 0.29) is 5.56 Å². The lowest BCUT2D eigenvalue weighted by atomic mass is 10.2. The summed E-state index contributed by atoms with van der Waals surface area (Å²) in [6.45, 7) is 0. The smallest absolute Gasteiger partial charge is 0.244 e. The summed E-state index contributed by atoms with van der Waals surface area (Å²) in [4.78, 5) is 3.30. The predicted octanol–water partition coefficient (Wildman–Crippen LogP) is 3.68. The molecule has 0 aliphatic rings. The van der Waals surface area contributed by atoms with Crippen molar-refractivity contribution in [3.8, 4) is 0 Å². The SMILES string of the molecule is O=S(=O)(/C=C/c1ccccc1F)c1ncccc1C(F)(F)F. The summed E-state index contributed by atoms with van der Waals surface area (Å²) in [5, 5.41) is -0.613. The van der Waals surface area contributed by atoms with Crippen LogP contribution in [0.5, 0.6) is 0 Å². The average molecular weight is 331 g/mol. The Hall–Kier alpha value is -2.22. The van der Waals surface area contributed by atoms with Gasteiger partial charge in [-0.3, -0.25) is 0 Å². The number of benzene rings is 1. The monoisotopic (exact) mass is 331 g/mol. The van der Waals surface area contributed by atoms with Gasteiger partial charge in [-0.1, -0.05) is 18.2 Å². The lowest BCUT2D eigenvalue weighted by Gasteiger charge is -2.10. The van der Waals surface area contributed by atoms with Crippen LogP contribution >= 0.6 is 0 Å².